The molecular formula is C11H17N3O2. The van der Waals surface area contributed by atoms with E-state index in [1.807, 2.05) is 6.92 Å². The third kappa shape index (κ3) is 3.76. The topological polar surface area (TPSA) is 65.2 Å². The van der Waals surface area contributed by atoms with Gasteiger partial charge in [-0.3, -0.25) is 4.79 Å². The normalized spacial score (nSPS) is 9.88. The van der Waals surface area contributed by atoms with Crippen molar-refractivity contribution in [3.63, 3.8) is 0 Å². The van der Waals surface area contributed by atoms with Crippen molar-refractivity contribution in [2.45, 2.75) is 19.9 Å². The minimum atomic E-state index is -0.153. The van der Waals surface area contributed by atoms with E-state index >= 15 is 0 Å². The largest absolute Gasteiger partial charge is 0.338 e. The maximum absolute atomic E-state index is 11.5. The van der Waals surface area contributed by atoms with Crippen LogP contribution in [0.25, 0.3) is 0 Å². The number of nitrogens with zero attached hydrogens (tertiary/aromatic N) is 1. The van der Waals surface area contributed by atoms with Gasteiger partial charge < -0.3 is 15.2 Å². The molecule has 2 amide bonds. The van der Waals surface area contributed by atoms with Crippen molar-refractivity contribution in [1.29, 1.82) is 0 Å². The van der Waals surface area contributed by atoms with E-state index in [1.165, 1.54) is 11.0 Å². The summed E-state index contributed by atoms with van der Waals surface area (Å²) in [5.41, 5.74) is 0.571. The number of carbonyl (C=O) groups is 1. The van der Waals surface area contributed by atoms with Gasteiger partial charge in [0.1, 0.15) is 0 Å². The molecule has 0 aliphatic heterocycles. The number of H-pyrrole nitrogens is 1. The van der Waals surface area contributed by atoms with E-state index in [-0.39, 0.29) is 11.6 Å². The third-order valence-corrected chi connectivity index (χ3v) is 2.11. The number of nitrogens with one attached hydrogen (secondary N) is 2. The lowest BCUT2D eigenvalue weighted by Gasteiger charge is -2.17. The van der Waals surface area contributed by atoms with E-state index in [1.54, 1.807) is 19.2 Å². The zero-order valence-corrected chi connectivity index (χ0v) is 9.62. The molecule has 0 aliphatic carbocycles. The highest BCUT2D eigenvalue weighted by molar-refractivity contribution is 5.73. The fraction of sp³-hybridized carbons (Fsp3) is 0.455. The predicted molar refractivity (Wildman–Crippen MR) is 62.2 cm³/mol. The lowest BCUT2D eigenvalue weighted by molar-refractivity contribution is 0.206. The molecule has 0 saturated carbocycles. The fourth-order valence-electron chi connectivity index (χ4n) is 1.28. The first-order valence-corrected chi connectivity index (χ1v) is 5.30. The number of aromatic amines is 1. The van der Waals surface area contributed by atoms with Crippen LogP contribution in [0.2, 0.25) is 0 Å². The average Bonchev–Trinajstić information content (AvgIpc) is 2.25. The van der Waals surface area contributed by atoms with E-state index in [9.17, 15) is 9.59 Å². The second-order valence-corrected chi connectivity index (χ2v) is 3.63. The van der Waals surface area contributed by atoms with Crippen molar-refractivity contribution in [2.75, 3.05) is 13.6 Å². The molecule has 0 saturated heterocycles. The van der Waals surface area contributed by atoms with Crippen molar-refractivity contribution in [2.24, 2.45) is 0 Å². The first-order chi connectivity index (χ1) is 7.63. The summed E-state index contributed by atoms with van der Waals surface area (Å²) in [6.45, 7) is 3.05. The van der Waals surface area contributed by atoms with Crippen molar-refractivity contribution in [1.82, 2.24) is 15.2 Å². The molecule has 0 aromatic carbocycles. The van der Waals surface area contributed by atoms with Gasteiger partial charge >= 0.3 is 6.03 Å². The Kier molecular flexibility index (Phi) is 4.57. The number of pyridine rings is 1. The van der Waals surface area contributed by atoms with Crippen LogP contribution in [0.4, 0.5) is 4.79 Å². The summed E-state index contributed by atoms with van der Waals surface area (Å²) in [6, 6.07) is 4.77. The van der Waals surface area contributed by atoms with Gasteiger partial charge in [0.05, 0.1) is 6.54 Å². The molecule has 1 heterocycles. The van der Waals surface area contributed by atoms with Gasteiger partial charge in [-0.05, 0) is 12.5 Å². The predicted octanol–water partition coefficient (Wildman–Crippen LogP) is 0.926. The fourth-order valence-corrected chi connectivity index (χ4v) is 1.28. The Bertz CT molecular complexity index is 400. The van der Waals surface area contributed by atoms with Crippen molar-refractivity contribution in [3.8, 4) is 0 Å². The minimum Gasteiger partial charge on any atom is -0.338 e. The molecule has 1 aromatic heterocycles. The van der Waals surface area contributed by atoms with Crippen molar-refractivity contribution >= 4 is 6.03 Å². The monoisotopic (exact) mass is 223 g/mol. The second kappa shape index (κ2) is 5.95. The maximum Gasteiger partial charge on any atom is 0.317 e. The van der Waals surface area contributed by atoms with Gasteiger partial charge in [-0.15, -0.1) is 0 Å². The highest BCUT2D eigenvalue weighted by Gasteiger charge is 2.07. The number of hydrogen-bond donors (Lipinski definition) is 2. The summed E-state index contributed by atoms with van der Waals surface area (Å²) in [5.74, 6) is 0. The maximum atomic E-state index is 11.5. The van der Waals surface area contributed by atoms with Crippen LogP contribution in [0.3, 0.4) is 0 Å². The van der Waals surface area contributed by atoms with Crippen LogP contribution in [0.5, 0.6) is 0 Å². The van der Waals surface area contributed by atoms with E-state index in [0.29, 0.717) is 13.1 Å². The molecule has 0 unspecified atom stereocenters. The summed E-state index contributed by atoms with van der Waals surface area (Å²) >= 11 is 0. The van der Waals surface area contributed by atoms with E-state index in [2.05, 4.69) is 10.3 Å². The standard InChI is InChI=1S/C11H17N3O2/c1-3-7-12-11(16)14(2)8-9-5-4-6-10(15)13-9/h4-6H,3,7-8H2,1-2H3,(H,12,16)(H,13,15). The Hall–Kier alpha value is -1.78. The number of hydrogen-bond acceptors (Lipinski definition) is 2. The SMILES string of the molecule is CCCNC(=O)N(C)Cc1cccc(=O)[nH]1. The van der Waals surface area contributed by atoms with Crippen LogP contribution in [0, 0.1) is 0 Å². The third-order valence-electron chi connectivity index (χ3n) is 2.11. The molecule has 0 radical (unpaired) electrons. The summed E-state index contributed by atoms with van der Waals surface area (Å²) in [6.07, 6.45) is 0.905. The second-order valence-electron chi connectivity index (χ2n) is 3.63. The first kappa shape index (κ1) is 12.3. The number of urea groups is 1. The molecule has 5 nitrogen and oxygen atoms in total. The molecule has 1 rings (SSSR count). The van der Waals surface area contributed by atoms with E-state index in [0.717, 1.165) is 12.1 Å². The Balaban J connectivity index is 2.53. The highest BCUT2D eigenvalue weighted by atomic mass is 16.2. The summed E-state index contributed by atoms with van der Waals surface area (Å²) in [7, 11) is 1.69. The van der Waals surface area contributed by atoms with Crippen LogP contribution in [0.1, 0.15) is 19.0 Å². The first-order valence-electron chi connectivity index (χ1n) is 5.30. The zero-order chi connectivity index (χ0) is 12.0. The smallest absolute Gasteiger partial charge is 0.317 e. The molecule has 0 atom stereocenters. The van der Waals surface area contributed by atoms with Gasteiger partial charge in [0.25, 0.3) is 0 Å². The molecule has 5 heteroatoms. The molecule has 88 valence electrons. The Morgan fingerprint density at radius 3 is 2.88 bits per heavy atom. The Morgan fingerprint density at radius 2 is 2.25 bits per heavy atom. The Morgan fingerprint density at radius 1 is 1.50 bits per heavy atom. The molecule has 1 aromatic rings. The number of rotatable bonds is 4. The Labute approximate surface area is 94.5 Å². The zero-order valence-electron chi connectivity index (χ0n) is 9.62. The van der Waals surface area contributed by atoms with Crippen LogP contribution in [0.15, 0.2) is 23.0 Å². The minimum absolute atomic E-state index is 0.133. The molecule has 2 N–H and O–H groups in total. The summed E-state index contributed by atoms with van der Waals surface area (Å²) in [5, 5.41) is 2.76. The van der Waals surface area contributed by atoms with Crippen LogP contribution in [-0.2, 0) is 6.54 Å². The van der Waals surface area contributed by atoms with Crippen LogP contribution in [-0.4, -0.2) is 29.5 Å². The summed E-state index contributed by atoms with van der Waals surface area (Å²) in [4.78, 5) is 26.8. The van der Waals surface area contributed by atoms with E-state index in [4.69, 9.17) is 0 Å². The van der Waals surface area contributed by atoms with Crippen molar-refractivity contribution in [3.05, 3.63) is 34.2 Å². The number of carbonyl (C=O) groups excluding carboxylic acids is 1. The van der Waals surface area contributed by atoms with E-state index < -0.39 is 0 Å². The van der Waals surface area contributed by atoms with Gasteiger partial charge in [0, 0.05) is 25.4 Å². The molecule has 0 spiro atoms. The quantitative estimate of drug-likeness (QED) is 0.797. The number of amides is 2. The van der Waals surface area contributed by atoms with Crippen LogP contribution >= 0.6 is 0 Å². The molecule has 0 bridgehead atoms. The van der Waals surface area contributed by atoms with Gasteiger partial charge in [-0.25, -0.2) is 4.79 Å². The molecule has 16 heavy (non-hydrogen) atoms. The molecule has 0 aliphatic rings. The van der Waals surface area contributed by atoms with Gasteiger partial charge in [0.15, 0.2) is 0 Å². The summed E-state index contributed by atoms with van der Waals surface area (Å²) < 4.78 is 0. The van der Waals surface area contributed by atoms with Gasteiger partial charge in [0.2, 0.25) is 5.56 Å². The molecular weight excluding hydrogens is 206 g/mol. The average molecular weight is 223 g/mol. The highest BCUT2D eigenvalue weighted by Crippen LogP contribution is 1.96. The molecule has 0 fully saturated rings. The van der Waals surface area contributed by atoms with Crippen LogP contribution < -0.4 is 10.9 Å². The van der Waals surface area contributed by atoms with Gasteiger partial charge in [-0.2, -0.15) is 0 Å². The number of aromatic nitrogens is 1. The lowest BCUT2D eigenvalue weighted by atomic mass is 10.3. The van der Waals surface area contributed by atoms with Crippen molar-refractivity contribution < 1.29 is 4.79 Å². The lowest BCUT2D eigenvalue weighted by Crippen LogP contribution is -2.37. The van der Waals surface area contributed by atoms with Gasteiger partial charge in [-0.1, -0.05) is 13.0 Å².